The van der Waals surface area contributed by atoms with Crippen LogP contribution in [0, 0.1) is 0 Å². The number of hydrogen-bond acceptors (Lipinski definition) is 3. The number of rotatable bonds is 2. The molecule has 0 aliphatic carbocycles. The average Bonchev–Trinajstić information content (AvgIpc) is 2.21. The van der Waals surface area contributed by atoms with Crippen molar-refractivity contribution in [3.8, 4) is 0 Å². The number of pyridine rings is 1. The summed E-state index contributed by atoms with van der Waals surface area (Å²) in [4.78, 5) is 3.96. The maximum absolute atomic E-state index is 5.55. The van der Waals surface area contributed by atoms with Crippen molar-refractivity contribution in [3.63, 3.8) is 0 Å². The second kappa shape index (κ2) is 4.23. The molecule has 1 atom stereocenters. The van der Waals surface area contributed by atoms with Gasteiger partial charge >= 0.3 is 0 Å². The molecule has 0 saturated carbocycles. The highest BCUT2D eigenvalue weighted by Gasteiger charge is 2.12. The summed E-state index contributed by atoms with van der Waals surface area (Å²) in [5.41, 5.74) is 1.09. The van der Waals surface area contributed by atoms with E-state index in [0.29, 0.717) is 0 Å². The molecule has 1 aliphatic rings. The van der Waals surface area contributed by atoms with Crippen molar-refractivity contribution in [2.24, 2.45) is 0 Å². The standard InChI is InChI=1S/C10H14N2O/c1-2-8-13-10(3-1)12-9-4-6-11-7-5-9/h4-7,10H,1-3,8H2,(H,11,12). The number of aromatic nitrogens is 1. The molecular weight excluding hydrogens is 164 g/mol. The number of nitrogens with zero attached hydrogens (tertiary/aromatic N) is 1. The first-order valence-electron chi connectivity index (χ1n) is 4.73. The van der Waals surface area contributed by atoms with Crippen molar-refractivity contribution in [1.29, 1.82) is 0 Å². The molecule has 0 amide bonds. The Morgan fingerprint density at radius 1 is 1.31 bits per heavy atom. The Morgan fingerprint density at radius 3 is 2.85 bits per heavy atom. The maximum atomic E-state index is 5.55. The van der Waals surface area contributed by atoms with E-state index < -0.39 is 0 Å². The number of hydrogen-bond donors (Lipinski definition) is 1. The predicted octanol–water partition coefficient (Wildman–Crippen LogP) is 2.02. The molecule has 2 heterocycles. The number of anilines is 1. The summed E-state index contributed by atoms with van der Waals surface area (Å²) in [6, 6.07) is 3.91. The zero-order valence-electron chi connectivity index (χ0n) is 7.57. The second-order valence-corrected chi connectivity index (χ2v) is 3.24. The number of nitrogens with one attached hydrogen (secondary N) is 1. The monoisotopic (exact) mass is 178 g/mol. The fourth-order valence-electron chi connectivity index (χ4n) is 1.49. The van der Waals surface area contributed by atoms with E-state index in [0.717, 1.165) is 18.7 Å². The highest BCUT2D eigenvalue weighted by Crippen LogP contribution is 2.15. The molecule has 1 aromatic rings. The molecular formula is C10H14N2O. The van der Waals surface area contributed by atoms with E-state index in [1.54, 1.807) is 12.4 Å². The summed E-state index contributed by atoms with van der Waals surface area (Å²) >= 11 is 0. The summed E-state index contributed by atoms with van der Waals surface area (Å²) in [6.07, 6.45) is 7.30. The molecule has 0 spiro atoms. The van der Waals surface area contributed by atoms with E-state index >= 15 is 0 Å². The molecule has 3 nitrogen and oxygen atoms in total. The van der Waals surface area contributed by atoms with Crippen molar-refractivity contribution in [1.82, 2.24) is 4.98 Å². The minimum Gasteiger partial charge on any atom is -0.360 e. The van der Waals surface area contributed by atoms with E-state index in [4.69, 9.17) is 4.74 Å². The van der Waals surface area contributed by atoms with Crippen molar-refractivity contribution in [3.05, 3.63) is 24.5 Å². The van der Waals surface area contributed by atoms with Crippen molar-refractivity contribution in [2.75, 3.05) is 11.9 Å². The zero-order chi connectivity index (χ0) is 8.93. The Hall–Kier alpha value is -1.09. The molecule has 0 bridgehead atoms. The maximum Gasteiger partial charge on any atom is 0.127 e. The summed E-state index contributed by atoms with van der Waals surface area (Å²) < 4.78 is 5.55. The lowest BCUT2D eigenvalue weighted by atomic mass is 10.2. The van der Waals surface area contributed by atoms with Crippen molar-refractivity contribution >= 4 is 5.69 Å². The topological polar surface area (TPSA) is 34.1 Å². The highest BCUT2D eigenvalue weighted by atomic mass is 16.5. The zero-order valence-corrected chi connectivity index (χ0v) is 7.57. The van der Waals surface area contributed by atoms with Crippen LogP contribution in [0.3, 0.4) is 0 Å². The largest absolute Gasteiger partial charge is 0.360 e. The molecule has 0 aromatic carbocycles. The van der Waals surface area contributed by atoms with E-state index in [-0.39, 0.29) is 6.23 Å². The molecule has 2 rings (SSSR count). The van der Waals surface area contributed by atoms with Gasteiger partial charge in [0.1, 0.15) is 6.23 Å². The summed E-state index contributed by atoms with van der Waals surface area (Å²) in [6.45, 7) is 0.878. The average molecular weight is 178 g/mol. The van der Waals surface area contributed by atoms with Crippen LogP contribution in [0.5, 0.6) is 0 Å². The quantitative estimate of drug-likeness (QED) is 0.752. The van der Waals surface area contributed by atoms with Gasteiger partial charge in [0.25, 0.3) is 0 Å². The van der Waals surface area contributed by atoms with Crippen molar-refractivity contribution < 1.29 is 4.74 Å². The Balaban J connectivity index is 1.90. The Labute approximate surface area is 78.1 Å². The summed E-state index contributed by atoms with van der Waals surface area (Å²) in [5.74, 6) is 0. The van der Waals surface area contributed by atoms with Gasteiger partial charge in [-0.15, -0.1) is 0 Å². The highest BCUT2D eigenvalue weighted by molar-refractivity contribution is 5.41. The Kier molecular flexibility index (Phi) is 2.77. The van der Waals surface area contributed by atoms with Gasteiger partial charge in [-0.25, -0.2) is 0 Å². The Bertz CT molecular complexity index is 244. The second-order valence-electron chi connectivity index (χ2n) is 3.24. The van der Waals surface area contributed by atoms with Crippen LogP contribution in [0.4, 0.5) is 5.69 Å². The normalized spacial score (nSPS) is 22.6. The molecule has 1 unspecified atom stereocenters. The van der Waals surface area contributed by atoms with Gasteiger partial charge in [-0.3, -0.25) is 4.98 Å². The van der Waals surface area contributed by atoms with Crippen LogP contribution in [0.25, 0.3) is 0 Å². The summed E-state index contributed by atoms with van der Waals surface area (Å²) in [7, 11) is 0. The van der Waals surface area contributed by atoms with Gasteiger partial charge in [0.15, 0.2) is 0 Å². The van der Waals surface area contributed by atoms with Gasteiger partial charge in [0, 0.05) is 24.7 Å². The van der Waals surface area contributed by atoms with E-state index in [9.17, 15) is 0 Å². The molecule has 0 radical (unpaired) electrons. The first kappa shape index (κ1) is 8.51. The number of ether oxygens (including phenoxy) is 1. The van der Waals surface area contributed by atoms with E-state index in [1.165, 1.54) is 12.8 Å². The van der Waals surface area contributed by atoms with E-state index in [1.807, 2.05) is 12.1 Å². The lowest BCUT2D eigenvalue weighted by molar-refractivity contribution is 0.0343. The molecule has 1 saturated heterocycles. The lowest BCUT2D eigenvalue weighted by Crippen LogP contribution is -2.27. The van der Waals surface area contributed by atoms with Gasteiger partial charge in [0.05, 0.1) is 0 Å². The molecule has 1 N–H and O–H groups in total. The van der Waals surface area contributed by atoms with Crippen LogP contribution in [-0.2, 0) is 4.74 Å². The lowest BCUT2D eigenvalue weighted by Gasteiger charge is -2.24. The third-order valence-electron chi connectivity index (χ3n) is 2.19. The minimum absolute atomic E-state index is 0.191. The van der Waals surface area contributed by atoms with Gasteiger partial charge in [-0.1, -0.05) is 0 Å². The fraction of sp³-hybridized carbons (Fsp3) is 0.500. The summed E-state index contributed by atoms with van der Waals surface area (Å²) in [5, 5.41) is 3.32. The van der Waals surface area contributed by atoms with Crippen LogP contribution < -0.4 is 5.32 Å². The third kappa shape index (κ3) is 2.42. The van der Waals surface area contributed by atoms with Gasteiger partial charge in [0.2, 0.25) is 0 Å². The van der Waals surface area contributed by atoms with Crippen LogP contribution in [0.1, 0.15) is 19.3 Å². The molecule has 70 valence electrons. The SMILES string of the molecule is c1cc(NC2CCCCO2)ccn1. The van der Waals surface area contributed by atoms with Crippen LogP contribution in [0.2, 0.25) is 0 Å². The fourth-order valence-corrected chi connectivity index (χ4v) is 1.49. The predicted molar refractivity (Wildman–Crippen MR) is 51.5 cm³/mol. The van der Waals surface area contributed by atoms with Crippen molar-refractivity contribution in [2.45, 2.75) is 25.5 Å². The molecule has 13 heavy (non-hydrogen) atoms. The van der Waals surface area contributed by atoms with Crippen LogP contribution in [-0.4, -0.2) is 17.8 Å². The van der Waals surface area contributed by atoms with Gasteiger partial charge in [-0.05, 0) is 31.4 Å². The molecule has 1 fully saturated rings. The molecule has 1 aliphatic heterocycles. The third-order valence-corrected chi connectivity index (χ3v) is 2.19. The molecule has 1 aromatic heterocycles. The first-order chi connectivity index (χ1) is 6.45. The minimum atomic E-state index is 0.191. The van der Waals surface area contributed by atoms with E-state index in [2.05, 4.69) is 10.3 Å². The molecule has 3 heteroatoms. The first-order valence-corrected chi connectivity index (χ1v) is 4.73. The van der Waals surface area contributed by atoms with Crippen LogP contribution >= 0.6 is 0 Å². The van der Waals surface area contributed by atoms with Gasteiger partial charge < -0.3 is 10.1 Å². The van der Waals surface area contributed by atoms with Crippen LogP contribution in [0.15, 0.2) is 24.5 Å². The smallest absolute Gasteiger partial charge is 0.127 e. The van der Waals surface area contributed by atoms with Gasteiger partial charge in [-0.2, -0.15) is 0 Å². The Morgan fingerprint density at radius 2 is 2.15 bits per heavy atom.